The summed E-state index contributed by atoms with van der Waals surface area (Å²) in [6.07, 6.45) is 1.16. The smallest absolute Gasteiger partial charge is 0.388 e. The highest BCUT2D eigenvalue weighted by molar-refractivity contribution is 5.87. The molecule has 0 saturated heterocycles. The number of ether oxygens (including phenoxy) is 1. The number of halogens is 2. The van der Waals surface area contributed by atoms with Crippen molar-refractivity contribution in [1.29, 1.82) is 0 Å². The Hall–Kier alpha value is -1.92. The van der Waals surface area contributed by atoms with Gasteiger partial charge in [-0.2, -0.15) is 8.78 Å². The van der Waals surface area contributed by atoms with Gasteiger partial charge in [0.15, 0.2) is 0 Å². The molecule has 0 saturated carbocycles. The fourth-order valence-electron chi connectivity index (χ4n) is 0.757. The Bertz CT molecular complexity index is 324. The van der Waals surface area contributed by atoms with Crippen molar-refractivity contribution in [3.05, 3.63) is 18.3 Å². The van der Waals surface area contributed by atoms with Crippen LogP contribution in [-0.4, -0.2) is 17.6 Å². The minimum Gasteiger partial charge on any atom is -0.417 e. The summed E-state index contributed by atoms with van der Waals surface area (Å²) in [7, 11) is 0. The van der Waals surface area contributed by atoms with Crippen molar-refractivity contribution in [2.45, 2.75) is 6.61 Å². The van der Waals surface area contributed by atoms with Gasteiger partial charge in [0, 0.05) is 8.92 Å². The van der Waals surface area contributed by atoms with E-state index in [0.29, 0.717) is 5.69 Å². The summed E-state index contributed by atoms with van der Waals surface area (Å²) in [5, 5.41) is 2.22. The second-order valence-corrected chi connectivity index (χ2v) is 2.25. The zero-order valence-corrected chi connectivity index (χ0v) is 6.91. The topological polar surface area (TPSA) is 77.2 Å². The third-order valence-corrected chi connectivity index (χ3v) is 1.21. The molecule has 0 bridgehead atoms. The van der Waals surface area contributed by atoms with E-state index < -0.39 is 12.6 Å². The van der Waals surface area contributed by atoms with Crippen molar-refractivity contribution in [2.75, 3.05) is 5.32 Å². The summed E-state index contributed by atoms with van der Waals surface area (Å²) in [5.74, 6) is -0.227. The van der Waals surface area contributed by atoms with Gasteiger partial charge in [-0.15, -0.1) is 0 Å². The standard InChI is InChI=1S/C7H7F2N3O2.2H2/c8-6(9)14-5-2-1-4(3-11-5)12-7(10)13;;/h1-3,6H,(H3,10,12,13);2*1H. The zero-order chi connectivity index (χ0) is 10.6. The second kappa shape index (κ2) is 4.35. The quantitative estimate of drug-likeness (QED) is 0.791. The van der Waals surface area contributed by atoms with E-state index in [2.05, 4.69) is 15.0 Å². The lowest BCUT2D eigenvalue weighted by Gasteiger charge is -2.04. The maximum Gasteiger partial charge on any atom is 0.388 e. The molecular formula is C7H11F2N3O2. The van der Waals surface area contributed by atoms with Gasteiger partial charge in [0.1, 0.15) is 0 Å². The van der Waals surface area contributed by atoms with Gasteiger partial charge in [-0.3, -0.25) is 0 Å². The van der Waals surface area contributed by atoms with Gasteiger partial charge in [0.25, 0.3) is 0 Å². The summed E-state index contributed by atoms with van der Waals surface area (Å²) in [5.41, 5.74) is 5.12. The van der Waals surface area contributed by atoms with Crippen molar-refractivity contribution in [2.24, 2.45) is 5.73 Å². The normalized spacial score (nSPS) is 9.93. The Kier molecular flexibility index (Phi) is 3.16. The van der Waals surface area contributed by atoms with E-state index in [-0.39, 0.29) is 8.73 Å². The highest BCUT2D eigenvalue weighted by Crippen LogP contribution is 2.13. The van der Waals surface area contributed by atoms with Gasteiger partial charge >= 0.3 is 12.6 Å². The lowest BCUT2D eigenvalue weighted by molar-refractivity contribution is -0.0528. The number of nitrogens with one attached hydrogen (secondary N) is 1. The minimum atomic E-state index is -2.92. The van der Waals surface area contributed by atoms with Gasteiger partial charge in [-0.1, -0.05) is 0 Å². The largest absolute Gasteiger partial charge is 0.417 e. The number of amides is 2. The Morgan fingerprint density at radius 2 is 2.36 bits per heavy atom. The predicted octanol–water partition coefficient (Wildman–Crippen LogP) is 1.67. The van der Waals surface area contributed by atoms with Gasteiger partial charge < -0.3 is 15.8 Å². The Morgan fingerprint density at radius 3 is 2.79 bits per heavy atom. The lowest BCUT2D eigenvalue weighted by atomic mass is 10.4. The molecule has 0 aliphatic carbocycles. The second-order valence-electron chi connectivity index (χ2n) is 2.25. The van der Waals surface area contributed by atoms with E-state index in [1.807, 2.05) is 0 Å². The minimum absolute atomic E-state index is 0. The van der Waals surface area contributed by atoms with E-state index in [4.69, 9.17) is 5.73 Å². The number of primary amides is 1. The molecule has 0 aromatic carbocycles. The number of alkyl halides is 2. The first kappa shape index (κ1) is 10.2. The summed E-state index contributed by atoms with van der Waals surface area (Å²) in [6.45, 7) is -2.92. The van der Waals surface area contributed by atoms with E-state index in [9.17, 15) is 13.6 Å². The third-order valence-electron chi connectivity index (χ3n) is 1.21. The molecule has 1 aromatic rings. The molecule has 1 heterocycles. The SMILES string of the molecule is NC(=O)Nc1ccc(OC(F)F)nc1.[HH].[HH]. The van der Waals surface area contributed by atoms with Crippen LogP contribution in [0.2, 0.25) is 0 Å². The highest BCUT2D eigenvalue weighted by Gasteiger charge is 2.05. The van der Waals surface area contributed by atoms with Gasteiger partial charge in [0.2, 0.25) is 5.88 Å². The first-order valence-corrected chi connectivity index (χ1v) is 3.55. The molecule has 0 spiro atoms. The summed E-state index contributed by atoms with van der Waals surface area (Å²) < 4.78 is 27.3. The monoisotopic (exact) mass is 207 g/mol. The number of carbonyl (C=O) groups excluding carboxylic acids is 1. The maximum atomic E-state index is 11.7. The predicted molar refractivity (Wildman–Crippen MR) is 48.3 cm³/mol. The van der Waals surface area contributed by atoms with E-state index in [1.165, 1.54) is 12.1 Å². The fraction of sp³-hybridized carbons (Fsp3) is 0.143. The number of nitrogens with zero attached hydrogens (tertiary/aromatic N) is 1. The van der Waals surface area contributed by atoms with Gasteiger partial charge in [-0.05, 0) is 6.07 Å². The highest BCUT2D eigenvalue weighted by atomic mass is 19.3. The first-order valence-electron chi connectivity index (χ1n) is 3.55. The molecule has 5 nitrogen and oxygen atoms in total. The average molecular weight is 207 g/mol. The maximum absolute atomic E-state index is 11.7. The summed E-state index contributed by atoms with van der Waals surface area (Å²) >= 11 is 0. The van der Waals surface area contributed by atoms with Crippen LogP contribution in [-0.2, 0) is 0 Å². The molecular weight excluding hydrogens is 196 g/mol. The molecule has 80 valence electrons. The van der Waals surface area contributed by atoms with Crippen LogP contribution >= 0.6 is 0 Å². The molecule has 1 aromatic heterocycles. The van der Waals surface area contributed by atoms with Crippen molar-refractivity contribution in [3.8, 4) is 5.88 Å². The number of nitrogens with two attached hydrogens (primary N) is 1. The summed E-state index contributed by atoms with van der Waals surface area (Å²) in [6, 6.07) is 1.78. The van der Waals surface area contributed by atoms with Crippen LogP contribution in [0.4, 0.5) is 19.3 Å². The van der Waals surface area contributed by atoms with Crippen LogP contribution in [0.15, 0.2) is 18.3 Å². The van der Waals surface area contributed by atoms with Crippen molar-refractivity contribution in [3.63, 3.8) is 0 Å². The number of pyridine rings is 1. The fourth-order valence-corrected chi connectivity index (χ4v) is 0.757. The molecule has 7 heteroatoms. The Balaban J connectivity index is 0. The number of rotatable bonds is 3. The zero-order valence-electron chi connectivity index (χ0n) is 6.91. The number of hydrogen-bond donors (Lipinski definition) is 2. The van der Waals surface area contributed by atoms with Gasteiger partial charge in [-0.25, -0.2) is 9.78 Å². The number of urea groups is 1. The van der Waals surface area contributed by atoms with Crippen LogP contribution in [0.1, 0.15) is 2.85 Å². The Morgan fingerprint density at radius 1 is 1.64 bits per heavy atom. The van der Waals surface area contributed by atoms with E-state index in [0.717, 1.165) is 6.20 Å². The lowest BCUT2D eigenvalue weighted by Crippen LogP contribution is -2.19. The molecule has 0 radical (unpaired) electrons. The van der Waals surface area contributed by atoms with E-state index >= 15 is 0 Å². The van der Waals surface area contributed by atoms with Crippen molar-refractivity contribution >= 4 is 11.7 Å². The van der Waals surface area contributed by atoms with Gasteiger partial charge in [0.05, 0.1) is 11.9 Å². The van der Waals surface area contributed by atoms with E-state index in [1.54, 1.807) is 0 Å². The molecule has 0 atom stereocenters. The Labute approximate surface area is 80.8 Å². The molecule has 14 heavy (non-hydrogen) atoms. The number of carbonyl (C=O) groups is 1. The van der Waals surface area contributed by atoms with Crippen LogP contribution in [0.25, 0.3) is 0 Å². The molecule has 0 aliphatic rings. The molecule has 0 fully saturated rings. The van der Waals surface area contributed by atoms with Crippen molar-refractivity contribution < 1.29 is 21.2 Å². The van der Waals surface area contributed by atoms with Crippen LogP contribution in [0, 0.1) is 0 Å². The first-order chi connectivity index (χ1) is 6.58. The molecule has 2 amide bonds. The number of anilines is 1. The molecule has 1 rings (SSSR count). The summed E-state index contributed by atoms with van der Waals surface area (Å²) in [4.78, 5) is 13.9. The van der Waals surface area contributed by atoms with Crippen molar-refractivity contribution in [1.82, 2.24) is 4.98 Å². The van der Waals surface area contributed by atoms with Crippen LogP contribution in [0.5, 0.6) is 5.88 Å². The number of hydrogen-bond acceptors (Lipinski definition) is 3. The average Bonchev–Trinajstić information content (AvgIpc) is 2.06. The molecule has 0 aliphatic heterocycles. The molecule has 0 unspecified atom stereocenters. The van der Waals surface area contributed by atoms with Crippen LogP contribution < -0.4 is 15.8 Å². The number of aromatic nitrogens is 1. The third kappa shape index (κ3) is 3.21. The van der Waals surface area contributed by atoms with Crippen LogP contribution in [0.3, 0.4) is 0 Å². The molecule has 3 N–H and O–H groups in total.